The Hall–Kier alpha value is -1.85. The van der Waals surface area contributed by atoms with Crippen molar-refractivity contribution in [3.05, 3.63) is 51.2 Å². The van der Waals surface area contributed by atoms with Gasteiger partial charge in [-0.3, -0.25) is 9.59 Å². The second-order valence-electron chi connectivity index (χ2n) is 4.85. The van der Waals surface area contributed by atoms with Crippen LogP contribution in [0.3, 0.4) is 0 Å². The van der Waals surface area contributed by atoms with E-state index >= 15 is 0 Å². The maximum atomic E-state index is 11.8. The zero-order valence-electron chi connectivity index (χ0n) is 12.2. The van der Waals surface area contributed by atoms with Crippen LogP contribution in [0.4, 0.5) is 5.69 Å². The summed E-state index contributed by atoms with van der Waals surface area (Å²) in [6.07, 6.45) is 0.929. The van der Waals surface area contributed by atoms with Crippen LogP contribution < -0.4 is 10.6 Å². The van der Waals surface area contributed by atoms with Crippen molar-refractivity contribution in [3.63, 3.8) is 0 Å². The molecule has 2 rings (SSSR count). The fourth-order valence-electron chi connectivity index (χ4n) is 1.84. The SMILES string of the molecule is Cc1ccc(NC(=O)CCCNC(=O)c2cccs2)cc1Cl. The third-order valence-electron chi connectivity index (χ3n) is 3.07. The topological polar surface area (TPSA) is 58.2 Å². The summed E-state index contributed by atoms with van der Waals surface area (Å²) in [7, 11) is 0. The molecule has 2 N–H and O–H groups in total. The lowest BCUT2D eigenvalue weighted by Gasteiger charge is -2.07. The van der Waals surface area contributed by atoms with E-state index in [1.807, 2.05) is 30.5 Å². The predicted molar refractivity (Wildman–Crippen MR) is 90.7 cm³/mol. The first kappa shape index (κ1) is 16.5. The first-order valence-corrected chi connectivity index (χ1v) is 8.20. The van der Waals surface area contributed by atoms with Crippen molar-refractivity contribution >= 4 is 40.4 Å². The summed E-state index contributed by atoms with van der Waals surface area (Å²) in [5.41, 5.74) is 1.65. The maximum Gasteiger partial charge on any atom is 0.261 e. The van der Waals surface area contributed by atoms with Crippen molar-refractivity contribution in [2.45, 2.75) is 19.8 Å². The normalized spacial score (nSPS) is 10.3. The standard InChI is InChI=1S/C16H17ClN2O2S/c1-11-6-7-12(10-13(11)17)19-15(20)5-2-8-18-16(21)14-4-3-9-22-14/h3-4,6-7,9-10H,2,5,8H2,1H3,(H,18,21)(H,19,20). The second-order valence-corrected chi connectivity index (χ2v) is 6.20. The number of hydrogen-bond acceptors (Lipinski definition) is 3. The Morgan fingerprint density at radius 3 is 2.77 bits per heavy atom. The highest BCUT2D eigenvalue weighted by atomic mass is 35.5. The maximum absolute atomic E-state index is 11.8. The molecule has 0 bridgehead atoms. The number of rotatable bonds is 6. The van der Waals surface area contributed by atoms with Gasteiger partial charge in [-0.15, -0.1) is 11.3 Å². The molecule has 4 nitrogen and oxygen atoms in total. The van der Waals surface area contributed by atoms with E-state index in [0.717, 1.165) is 5.56 Å². The van der Waals surface area contributed by atoms with Gasteiger partial charge in [0.2, 0.25) is 5.91 Å². The monoisotopic (exact) mass is 336 g/mol. The average Bonchev–Trinajstić information content (AvgIpc) is 3.01. The highest BCUT2D eigenvalue weighted by Crippen LogP contribution is 2.20. The molecule has 1 heterocycles. The molecule has 2 amide bonds. The molecule has 2 aromatic rings. The van der Waals surface area contributed by atoms with Crippen molar-refractivity contribution in [2.75, 3.05) is 11.9 Å². The van der Waals surface area contributed by atoms with Gasteiger partial charge in [-0.2, -0.15) is 0 Å². The molecule has 0 unspecified atom stereocenters. The average molecular weight is 337 g/mol. The first-order chi connectivity index (χ1) is 10.6. The highest BCUT2D eigenvalue weighted by molar-refractivity contribution is 7.12. The van der Waals surface area contributed by atoms with Gasteiger partial charge in [0.25, 0.3) is 5.91 Å². The lowest BCUT2D eigenvalue weighted by atomic mass is 10.2. The van der Waals surface area contributed by atoms with Crippen molar-refractivity contribution in [2.24, 2.45) is 0 Å². The molecule has 0 saturated heterocycles. The molecule has 0 atom stereocenters. The van der Waals surface area contributed by atoms with Crippen LogP contribution in [0, 0.1) is 6.92 Å². The minimum atomic E-state index is -0.0966. The molecule has 1 aromatic heterocycles. The molecule has 0 saturated carbocycles. The summed E-state index contributed by atoms with van der Waals surface area (Å²) in [6.45, 7) is 2.38. The Labute approximate surface area is 138 Å². The van der Waals surface area contributed by atoms with Crippen molar-refractivity contribution < 1.29 is 9.59 Å². The van der Waals surface area contributed by atoms with E-state index < -0.39 is 0 Å². The molecule has 1 aromatic carbocycles. The van der Waals surface area contributed by atoms with Gasteiger partial charge in [-0.25, -0.2) is 0 Å². The minimum absolute atomic E-state index is 0.0923. The first-order valence-electron chi connectivity index (χ1n) is 6.94. The second kappa shape index (κ2) is 7.96. The van der Waals surface area contributed by atoms with Crippen LogP contribution in [0.15, 0.2) is 35.7 Å². The summed E-state index contributed by atoms with van der Waals surface area (Å²) in [4.78, 5) is 24.2. The van der Waals surface area contributed by atoms with Crippen LogP contribution in [0.5, 0.6) is 0 Å². The van der Waals surface area contributed by atoms with E-state index in [9.17, 15) is 9.59 Å². The highest BCUT2D eigenvalue weighted by Gasteiger charge is 2.07. The Bertz CT molecular complexity index is 656. The largest absolute Gasteiger partial charge is 0.351 e. The summed E-state index contributed by atoms with van der Waals surface area (Å²) >= 11 is 7.41. The van der Waals surface area contributed by atoms with Gasteiger partial charge in [0.1, 0.15) is 0 Å². The molecule has 0 radical (unpaired) electrons. The number of nitrogens with one attached hydrogen (secondary N) is 2. The van der Waals surface area contributed by atoms with Gasteiger partial charge >= 0.3 is 0 Å². The summed E-state index contributed by atoms with van der Waals surface area (Å²) < 4.78 is 0. The molecule has 0 aliphatic carbocycles. The van der Waals surface area contributed by atoms with Gasteiger partial charge in [-0.1, -0.05) is 23.7 Å². The Kier molecular flexibility index (Phi) is 5.98. The van der Waals surface area contributed by atoms with E-state index in [-0.39, 0.29) is 11.8 Å². The van der Waals surface area contributed by atoms with Crippen LogP contribution in [-0.2, 0) is 4.79 Å². The molecule has 0 fully saturated rings. The van der Waals surface area contributed by atoms with E-state index in [4.69, 9.17) is 11.6 Å². The van der Waals surface area contributed by atoms with Gasteiger partial charge in [-0.05, 0) is 42.5 Å². The predicted octanol–water partition coefficient (Wildman–Crippen LogP) is 3.86. The summed E-state index contributed by atoms with van der Waals surface area (Å²) in [5, 5.41) is 8.07. The number of carbonyl (C=O) groups excluding carboxylic acids is 2. The Morgan fingerprint density at radius 1 is 1.27 bits per heavy atom. The van der Waals surface area contributed by atoms with Gasteiger partial charge < -0.3 is 10.6 Å². The number of carbonyl (C=O) groups is 2. The number of halogens is 1. The van der Waals surface area contributed by atoms with E-state index in [1.165, 1.54) is 11.3 Å². The number of benzene rings is 1. The van der Waals surface area contributed by atoms with Crippen molar-refractivity contribution in [1.82, 2.24) is 5.32 Å². The molecule has 22 heavy (non-hydrogen) atoms. The Morgan fingerprint density at radius 2 is 2.09 bits per heavy atom. The van der Waals surface area contributed by atoms with E-state index in [0.29, 0.717) is 35.0 Å². The van der Waals surface area contributed by atoms with Crippen LogP contribution in [0.1, 0.15) is 28.1 Å². The smallest absolute Gasteiger partial charge is 0.261 e. The number of thiophene rings is 1. The lowest BCUT2D eigenvalue weighted by molar-refractivity contribution is -0.116. The number of anilines is 1. The van der Waals surface area contributed by atoms with Crippen LogP contribution in [-0.4, -0.2) is 18.4 Å². The summed E-state index contributed by atoms with van der Waals surface area (Å²) in [6, 6.07) is 9.01. The molecular formula is C16H17ClN2O2S. The van der Waals surface area contributed by atoms with E-state index in [2.05, 4.69) is 10.6 Å². The molecule has 6 heteroatoms. The molecule has 0 spiro atoms. The molecule has 0 aliphatic rings. The fourth-order valence-corrected chi connectivity index (χ4v) is 2.66. The number of aryl methyl sites for hydroxylation is 1. The molecular weight excluding hydrogens is 320 g/mol. The number of amides is 2. The lowest BCUT2D eigenvalue weighted by Crippen LogP contribution is -2.24. The van der Waals surface area contributed by atoms with Gasteiger partial charge in [0.15, 0.2) is 0 Å². The van der Waals surface area contributed by atoms with Gasteiger partial charge in [0.05, 0.1) is 4.88 Å². The quantitative estimate of drug-likeness (QED) is 0.787. The zero-order valence-corrected chi connectivity index (χ0v) is 13.8. The van der Waals surface area contributed by atoms with Crippen LogP contribution in [0.25, 0.3) is 0 Å². The third kappa shape index (κ3) is 4.86. The van der Waals surface area contributed by atoms with E-state index in [1.54, 1.807) is 12.1 Å². The van der Waals surface area contributed by atoms with Crippen LogP contribution in [0.2, 0.25) is 5.02 Å². The number of hydrogen-bond donors (Lipinski definition) is 2. The van der Waals surface area contributed by atoms with Gasteiger partial charge in [0, 0.05) is 23.7 Å². The third-order valence-corrected chi connectivity index (χ3v) is 4.34. The molecule has 116 valence electrons. The zero-order chi connectivity index (χ0) is 15.9. The molecule has 0 aliphatic heterocycles. The van der Waals surface area contributed by atoms with Crippen LogP contribution >= 0.6 is 22.9 Å². The van der Waals surface area contributed by atoms with Crippen molar-refractivity contribution in [1.29, 1.82) is 0 Å². The fraction of sp³-hybridized carbons (Fsp3) is 0.250. The minimum Gasteiger partial charge on any atom is -0.351 e. The summed E-state index contributed by atoms with van der Waals surface area (Å²) in [5.74, 6) is -0.189. The van der Waals surface area contributed by atoms with Crippen molar-refractivity contribution in [3.8, 4) is 0 Å². The Balaban J connectivity index is 1.69.